The van der Waals surface area contributed by atoms with Gasteiger partial charge in [-0.3, -0.25) is 15.5 Å². The van der Waals surface area contributed by atoms with Crippen LogP contribution in [0.1, 0.15) is 42.1 Å². The Morgan fingerprint density at radius 1 is 1.33 bits per heavy atom. The SMILES string of the molecule is Cc1ccc(C(=O)NCC(C)N2CCCCC2)c(NN)c1. The molecule has 0 bridgehead atoms. The molecular weight excluding hydrogens is 264 g/mol. The largest absolute Gasteiger partial charge is 0.350 e. The summed E-state index contributed by atoms with van der Waals surface area (Å²) in [6, 6.07) is 5.98. The first-order valence-corrected chi connectivity index (χ1v) is 7.71. The normalized spacial score (nSPS) is 17.3. The van der Waals surface area contributed by atoms with E-state index in [0.29, 0.717) is 23.8 Å². The number of nitrogen functional groups attached to an aromatic ring is 1. The number of amides is 1. The van der Waals surface area contributed by atoms with E-state index in [1.54, 1.807) is 0 Å². The number of rotatable bonds is 5. The van der Waals surface area contributed by atoms with Crippen LogP contribution in [-0.2, 0) is 0 Å². The molecule has 1 heterocycles. The lowest BCUT2D eigenvalue weighted by Gasteiger charge is -2.32. The van der Waals surface area contributed by atoms with Crippen LogP contribution < -0.4 is 16.6 Å². The smallest absolute Gasteiger partial charge is 0.253 e. The van der Waals surface area contributed by atoms with E-state index < -0.39 is 0 Å². The third-order valence-corrected chi connectivity index (χ3v) is 4.15. The summed E-state index contributed by atoms with van der Waals surface area (Å²) in [6.45, 7) is 7.08. The summed E-state index contributed by atoms with van der Waals surface area (Å²) >= 11 is 0. The molecule has 1 aliphatic heterocycles. The van der Waals surface area contributed by atoms with Crippen molar-refractivity contribution in [3.63, 3.8) is 0 Å². The summed E-state index contributed by atoms with van der Waals surface area (Å²) < 4.78 is 0. The predicted molar refractivity (Wildman–Crippen MR) is 86.2 cm³/mol. The summed E-state index contributed by atoms with van der Waals surface area (Å²) in [7, 11) is 0. The molecular formula is C16H26N4O. The first kappa shape index (κ1) is 15.8. The van der Waals surface area contributed by atoms with Gasteiger partial charge in [0.1, 0.15) is 0 Å². The van der Waals surface area contributed by atoms with Crippen molar-refractivity contribution in [3.05, 3.63) is 29.3 Å². The van der Waals surface area contributed by atoms with E-state index in [0.717, 1.165) is 18.7 Å². The zero-order valence-corrected chi connectivity index (χ0v) is 13.0. The van der Waals surface area contributed by atoms with Gasteiger partial charge in [0.2, 0.25) is 0 Å². The van der Waals surface area contributed by atoms with E-state index in [1.165, 1.54) is 19.3 Å². The molecule has 1 aromatic rings. The molecule has 0 spiro atoms. The highest BCUT2D eigenvalue weighted by molar-refractivity contribution is 5.99. The molecule has 0 aromatic heterocycles. The Morgan fingerprint density at radius 2 is 2.05 bits per heavy atom. The van der Waals surface area contributed by atoms with Crippen molar-refractivity contribution < 1.29 is 4.79 Å². The fourth-order valence-electron chi connectivity index (χ4n) is 2.80. The maximum Gasteiger partial charge on any atom is 0.253 e. The van der Waals surface area contributed by atoms with Crippen LogP contribution in [-0.4, -0.2) is 36.5 Å². The molecule has 1 amide bonds. The van der Waals surface area contributed by atoms with Crippen molar-refractivity contribution in [1.82, 2.24) is 10.2 Å². The second-order valence-electron chi connectivity index (χ2n) is 5.85. The Morgan fingerprint density at radius 3 is 2.71 bits per heavy atom. The van der Waals surface area contributed by atoms with Crippen molar-refractivity contribution in [2.24, 2.45) is 5.84 Å². The number of nitrogens with zero attached hydrogens (tertiary/aromatic N) is 1. The molecule has 1 aliphatic rings. The number of nitrogens with one attached hydrogen (secondary N) is 2. The van der Waals surface area contributed by atoms with E-state index in [-0.39, 0.29) is 5.91 Å². The van der Waals surface area contributed by atoms with Gasteiger partial charge in [-0.05, 0) is 57.5 Å². The first-order chi connectivity index (χ1) is 10.1. The fraction of sp³-hybridized carbons (Fsp3) is 0.562. The number of hydrogen-bond acceptors (Lipinski definition) is 4. The van der Waals surface area contributed by atoms with Crippen molar-refractivity contribution in [2.75, 3.05) is 25.1 Å². The second-order valence-corrected chi connectivity index (χ2v) is 5.85. The highest BCUT2D eigenvalue weighted by Crippen LogP contribution is 2.16. The Kier molecular flexibility index (Phi) is 5.59. The Balaban J connectivity index is 1.92. The van der Waals surface area contributed by atoms with Gasteiger partial charge < -0.3 is 10.7 Å². The molecule has 1 aromatic carbocycles. The average Bonchev–Trinajstić information content (AvgIpc) is 2.52. The molecule has 0 aliphatic carbocycles. The number of likely N-dealkylation sites (tertiary alicyclic amines) is 1. The molecule has 4 N–H and O–H groups in total. The van der Waals surface area contributed by atoms with Crippen LogP contribution >= 0.6 is 0 Å². The van der Waals surface area contributed by atoms with Crippen molar-refractivity contribution in [1.29, 1.82) is 0 Å². The Labute approximate surface area is 126 Å². The van der Waals surface area contributed by atoms with E-state index in [9.17, 15) is 4.79 Å². The van der Waals surface area contributed by atoms with Crippen LogP contribution in [0.4, 0.5) is 5.69 Å². The lowest BCUT2D eigenvalue weighted by atomic mass is 10.1. The molecule has 0 radical (unpaired) electrons. The minimum Gasteiger partial charge on any atom is -0.350 e. The van der Waals surface area contributed by atoms with Gasteiger partial charge in [-0.2, -0.15) is 0 Å². The quantitative estimate of drug-likeness (QED) is 0.572. The molecule has 116 valence electrons. The monoisotopic (exact) mass is 290 g/mol. The summed E-state index contributed by atoms with van der Waals surface area (Å²) in [4.78, 5) is 14.7. The van der Waals surface area contributed by atoms with Crippen LogP contribution in [0, 0.1) is 6.92 Å². The van der Waals surface area contributed by atoms with Crippen LogP contribution in [0.3, 0.4) is 0 Å². The molecule has 5 nitrogen and oxygen atoms in total. The van der Waals surface area contributed by atoms with E-state index in [4.69, 9.17) is 5.84 Å². The molecule has 5 heteroatoms. The van der Waals surface area contributed by atoms with E-state index >= 15 is 0 Å². The minimum absolute atomic E-state index is 0.0770. The number of aryl methyl sites for hydroxylation is 1. The molecule has 0 saturated carbocycles. The number of piperidine rings is 1. The van der Waals surface area contributed by atoms with Gasteiger partial charge in [0, 0.05) is 12.6 Å². The van der Waals surface area contributed by atoms with Crippen LogP contribution in [0.25, 0.3) is 0 Å². The average molecular weight is 290 g/mol. The third kappa shape index (κ3) is 4.19. The zero-order chi connectivity index (χ0) is 15.2. The highest BCUT2D eigenvalue weighted by Gasteiger charge is 2.18. The number of anilines is 1. The van der Waals surface area contributed by atoms with Crippen molar-refractivity contribution in [2.45, 2.75) is 39.2 Å². The molecule has 2 rings (SSSR count). The summed E-state index contributed by atoms with van der Waals surface area (Å²) in [6.07, 6.45) is 3.85. The van der Waals surface area contributed by atoms with Gasteiger partial charge in [0.15, 0.2) is 0 Å². The van der Waals surface area contributed by atoms with Gasteiger partial charge >= 0.3 is 0 Å². The summed E-state index contributed by atoms with van der Waals surface area (Å²) in [5, 5.41) is 3.01. The molecule has 1 fully saturated rings. The number of carbonyl (C=O) groups is 1. The van der Waals surface area contributed by atoms with Gasteiger partial charge in [-0.15, -0.1) is 0 Å². The number of benzene rings is 1. The van der Waals surface area contributed by atoms with Crippen molar-refractivity contribution in [3.8, 4) is 0 Å². The van der Waals surface area contributed by atoms with Crippen LogP contribution in [0.5, 0.6) is 0 Å². The van der Waals surface area contributed by atoms with E-state index in [1.807, 2.05) is 25.1 Å². The third-order valence-electron chi connectivity index (χ3n) is 4.15. The fourth-order valence-corrected chi connectivity index (χ4v) is 2.80. The maximum absolute atomic E-state index is 12.3. The highest BCUT2D eigenvalue weighted by atomic mass is 16.1. The number of hydrogen-bond donors (Lipinski definition) is 3. The molecule has 1 saturated heterocycles. The Bertz CT molecular complexity index is 483. The van der Waals surface area contributed by atoms with Gasteiger partial charge in [0.05, 0.1) is 11.3 Å². The summed E-state index contributed by atoms with van der Waals surface area (Å²) in [5.74, 6) is 5.41. The lowest BCUT2D eigenvalue weighted by Crippen LogP contribution is -2.44. The standard InChI is InChI=1S/C16H26N4O/c1-12-6-7-14(15(10-12)19-17)16(21)18-11-13(2)20-8-4-3-5-9-20/h6-7,10,13,19H,3-5,8-9,11,17H2,1-2H3,(H,18,21). The second kappa shape index (κ2) is 7.43. The lowest BCUT2D eigenvalue weighted by molar-refractivity contribution is 0.0931. The molecule has 21 heavy (non-hydrogen) atoms. The Hall–Kier alpha value is -1.59. The molecule has 1 atom stereocenters. The zero-order valence-electron chi connectivity index (χ0n) is 13.0. The number of carbonyl (C=O) groups excluding carboxylic acids is 1. The van der Waals surface area contributed by atoms with Gasteiger partial charge in [-0.1, -0.05) is 12.5 Å². The van der Waals surface area contributed by atoms with Crippen molar-refractivity contribution >= 4 is 11.6 Å². The minimum atomic E-state index is -0.0770. The topological polar surface area (TPSA) is 70.4 Å². The van der Waals surface area contributed by atoms with Crippen LogP contribution in [0.2, 0.25) is 0 Å². The molecule has 1 unspecified atom stereocenters. The first-order valence-electron chi connectivity index (χ1n) is 7.71. The maximum atomic E-state index is 12.3. The van der Waals surface area contributed by atoms with E-state index in [2.05, 4.69) is 22.6 Å². The summed E-state index contributed by atoms with van der Waals surface area (Å²) in [5.41, 5.74) is 4.92. The predicted octanol–water partition coefficient (Wildman–Crippen LogP) is 1.88. The number of nitrogens with two attached hydrogens (primary N) is 1. The number of hydrazine groups is 1. The van der Waals surface area contributed by atoms with Gasteiger partial charge in [-0.25, -0.2) is 0 Å². The van der Waals surface area contributed by atoms with Gasteiger partial charge in [0.25, 0.3) is 5.91 Å². The van der Waals surface area contributed by atoms with Crippen LogP contribution in [0.15, 0.2) is 18.2 Å².